The van der Waals surface area contributed by atoms with Crippen LogP contribution in [0.1, 0.15) is 24.4 Å². The summed E-state index contributed by atoms with van der Waals surface area (Å²) in [5, 5.41) is 0.679. The number of esters is 1. The Balaban J connectivity index is 1.58. The number of carbonyl (C=O) groups is 1. The van der Waals surface area contributed by atoms with E-state index in [2.05, 4.69) is 4.90 Å². The van der Waals surface area contributed by atoms with E-state index in [1.807, 2.05) is 66.5 Å². The first-order valence-electron chi connectivity index (χ1n) is 9.58. The maximum atomic E-state index is 13.3. The highest BCUT2D eigenvalue weighted by atomic mass is 35.5. The minimum absolute atomic E-state index is 0.00447. The molecule has 0 amide bonds. The van der Waals surface area contributed by atoms with Crippen molar-refractivity contribution in [1.82, 2.24) is 4.90 Å². The number of rotatable bonds is 5. The number of hydrogen-bond donors (Lipinski definition) is 0. The molecular formula is C22H25ClN2O2. The first kappa shape index (κ1) is 18.3. The average molecular weight is 385 g/mol. The SMILES string of the molecule is CN(c1ccc(Cl)cc1)C(C(=O)O[C@H]1CN2CCC1CC2)c1ccccc1. The van der Waals surface area contributed by atoms with Crippen LogP contribution in [0.25, 0.3) is 0 Å². The Morgan fingerprint density at radius 3 is 2.37 bits per heavy atom. The monoisotopic (exact) mass is 384 g/mol. The number of halogens is 1. The molecule has 3 heterocycles. The normalized spacial score (nSPS) is 25.0. The largest absolute Gasteiger partial charge is 0.459 e. The molecule has 2 aromatic carbocycles. The van der Waals surface area contributed by atoms with Gasteiger partial charge in [0.2, 0.25) is 0 Å². The third-order valence-electron chi connectivity index (χ3n) is 5.82. The van der Waals surface area contributed by atoms with Gasteiger partial charge in [0.15, 0.2) is 6.04 Å². The molecule has 5 rings (SSSR count). The van der Waals surface area contributed by atoms with Crippen molar-refractivity contribution in [1.29, 1.82) is 0 Å². The van der Waals surface area contributed by atoms with Crippen LogP contribution in [0.3, 0.4) is 0 Å². The van der Waals surface area contributed by atoms with E-state index in [1.54, 1.807) is 0 Å². The smallest absolute Gasteiger partial charge is 0.333 e. The first-order valence-corrected chi connectivity index (χ1v) is 9.96. The average Bonchev–Trinajstić information content (AvgIpc) is 2.70. The summed E-state index contributed by atoms with van der Waals surface area (Å²) in [4.78, 5) is 17.6. The molecule has 3 saturated heterocycles. The van der Waals surface area contributed by atoms with E-state index in [9.17, 15) is 4.79 Å². The zero-order valence-corrected chi connectivity index (χ0v) is 16.3. The Morgan fingerprint density at radius 2 is 1.78 bits per heavy atom. The van der Waals surface area contributed by atoms with E-state index in [0.717, 1.165) is 43.7 Å². The molecule has 3 aliphatic rings. The van der Waals surface area contributed by atoms with Crippen LogP contribution < -0.4 is 4.90 Å². The zero-order valence-electron chi connectivity index (χ0n) is 15.6. The molecule has 27 heavy (non-hydrogen) atoms. The number of benzene rings is 2. The molecule has 3 aliphatic heterocycles. The van der Waals surface area contributed by atoms with Crippen molar-refractivity contribution < 1.29 is 9.53 Å². The summed E-state index contributed by atoms with van der Waals surface area (Å²) < 4.78 is 6.06. The number of anilines is 1. The lowest BCUT2D eigenvalue weighted by molar-refractivity contribution is -0.160. The third-order valence-corrected chi connectivity index (χ3v) is 6.08. The van der Waals surface area contributed by atoms with Crippen molar-refractivity contribution in [2.75, 3.05) is 31.6 Å². The highest BCUT2D eigenvalue weighted by Gasteiger charge is 2.38. The van der Waals surface area contributed by atoms with Gasteiger partial charge in [-0.2, -0.15) is 0 Å². The summed E-state index contributed by atoms with van der Waals surface area (Å²) >= 11 is 6.03. The standard InChI is InChI=1S/C22H25ClN2O2/c1-24(19-9-7-18(23)8-10-19)21(17-5-3-2-4-6-17)22(26)27-20-15-25-13-11-16(20)12-14-25/h2-10,16,20-21H,11-15H2,1H3/t20-,21?/m0/s1. The summed E-state index contributed by atoms with van der Waals surface area (Å²) in [6.07, 6.45) is 2.26. The molecule has 2 aromatic rings. The third kappa shape index (κ3) is 3.97. The molecule has 1 unspecified atom stereocenters. The maximum absolute atomic E-state index is 13.3. The van der Waals surface area contributed by atoms with Gasteiger partial charge in [-0.1, -0.05) is 41.9 Å². The van der Waals surface area contributed by atoms with Crippen LogP contribution in [0, 0.1) is 5.92 Å². The molecule has 2 atom stereocenters. The number of nitrogens with zero attached hydrogens (tertiary/aromatic N) is 2. The number of ether oxygens (including phenoxy) is 1. The minimum Gasteiger partial charge on any atom is -0.459 e. The second-order valence-corrected chi connectivity index (χ2v) is 7.95. The Kier molecular flexibility index (Phi) is 5.37. The van der Waals surface area contributed by atoms with Crippen molar-refractivity contribution in [2.45, 2.75) is 25.0 Å². The molecule has 0 aromatic heterocycles. The lowest BCUT2D eigenvalue weighted by Gasteiger charge is -2.44. The lowest BCUT2D eigenvalue weighted by Crippen LogP contribution is -2.52. The number of hydrogen-bond acceptors (Lipinski definition) is 4. The van der Waals surface area contributed by atoms with Crippen LogP contribution >= 0.6 is 11.6 Å². The van der Waals surface area contributed by atoms with E-state index in [4.69, 9.17) is 16.3 Å². The van der Waals surface area contributed by atoms with Gasteiger partial charge in [-0.3, -0.25) is 4.90 Å². The van der Waals surface area contributed by atoms with Gasteiger partial charge in [-0.25, -0.2) is 4.79 Å². The number of carbonyl (C=O) groups excluding carboxylic acids is 1. The Bertz CT molecular complexity index is 773. The van der Waals surface area contributed by atoms with Crippen LogP contribution in [0.15, 0.2) is 54.6 Å². The molecule has 2 bridgehead atoms. The molecule has 142 valence electrons. The molecule has 0 saturated carbocycles. The fraction of sp³-hybridized carbons (Fsp3) is 0.409. The van der Waals surface area contributed by atoms with E-state index in [0.29, 0.717) is 10.9 Å². The first-order chi connectivity index (χ1) is 13.1. The van der Waals surface area contributed by atoms with Gasteiger partial charge < -0.3 is 9.64 Å². The quantitative estimate of drug-likeness (QED) is 0.725. The Labute approximate surface area is 165 Å². The van der Waals surface area contributed by atoms with Crippen molar-refractivity contribution in [2.24, 2.45) is 5.92 Å². The Hall–Kier alpha value is -2.04. The van der Waals surface area contributed by atoms with E-state index >= 15 is 0 Å². The molecule has 0 aliphatic carbocycles. The summed E-state index contributed by atoms with van der Waals surface area (Å²) in [5.74, 6) is 0.314. The molecular weight excluding hydrogens is 360 g/mol. The van der Waals surface area contributed by atoms with Gasteiger partial charge in [-0.05, 0) is 61.7 Å². The molecule has 5 heteroatoms. The van der Waals surface area contributed by atoms with Crippen molar-refractivity contribution in [3.8, 4) is 0 Å². The van der Waals surface area contributed by atoms with Crippen LogP contribution in [-0.2, 0) is 9.53 Å². The summed E-state index contributed by atoms with van der Waals surface area (Å²) in [6.45, 7) is 3.12. The van der Waals surface area contributed by atoms with Gasteiger partial charge in [0.1, 0.15) is 6.10 Å². The summed E-state index contributed by atoms with van der Waals surface area (Å²) in [5.41, 5.74) is 1.86. The predicted octanol–water partition coefficient (Wildman–Crippen LogP) is 4.15. The van der Waals surface area contributed by atoms with Crippen molar-refractivity contribution >= 4 is 23.3 Å². The van der Waals surface area contributed by atoms with Crippen molar-refractivity contribution in [3.63, 3.8) is 0 Å². The number of piperidine rings is 3. The highest BCUT2D eigenvalue weighted by Crippen LogP contribution is 2.33. The van der Waals surface area contributed by atoms with Crippen LogP contribution in [-0.4, -0.2) is 43.7 Å². The number of fused-ring (bicyclic) bond motifs is 3. The van der Waals surface area contributed by atoms with Gasteiger partial charge in [0, 0.05) is 24.3 Å². The lowest BCUT2D eigenvalue weighted by atomic mass is 9.86. The number of likely N-dealkylation sites (N-methyl/N-ethyl adjacent to an activating group) is 1. The molecule has 0 radical (unpaired) electrons. The van der Waals surface area contributed by atoms with Crippen LogP contribution in [0.4, 0.5) is 5.69 Å². The fourth-order valence-electron chi connectivity index (χ4n) is 4.24. The van der Waals surface area contributed by atoms with Gasteiger partial charge in [0.25, 0.3) is 0 Å². The molecule has 4 nitrogen and oxygen atoms in total. The second kappa shape index (κ2) is 7.91. The topological polar surface area (TPSA) is 32.8 Å². The van der Waals surface area contributed by atoms with Gasteiger partial charge >= 0.3 is 5.97 Å². The summed E-state index contributed by atoms with van der Waals surface area (Å²) in [6, 6.07) is 16.9. The Morgan fingerprint density at radius 1 is 1.11 bits per heavy atom. The van der Waals surface area contributed by atoms with Gasteiger partial charge in [-0.15, -0.1) is 0 Å². The van der Waals surface area contributed by atoms with Crippen LogP contribution in [0.5, 0.6) is 0 Å². The zero-order chi connectivity index (χ0) is 18.8. The minimum atomic E-state index is -0.483. The van der Waals surface area contributed by atoms with E-state index in [-0.39, 0.29) is 12.1 Å². The van der Waals surface area contributed by atoms with Crippen LogP contribution in [0.2, 0.25) is 5.02 Å². The predicted molar refractivity (Wildman–Crippen MR) is 108 cm³/mol. The fourth-order valence-corrected chi connectivity index (χ4v) is 4.36. The molecule has 0 N–H and O–H groups in total. The highest BCUT2D eigenvalue weighted by molar-refractivity contribution is 6.30. The van der Waals surface area contributed by atoms with Crippen molar-refractivity contribution in [3.05, 3.63) is 65.2 Å². The maximum Gasteiger partial charge on any atom is 0.333 e. The van der Waals surface area contributed by atoms with Gasteiger partial charge in [0.05, 0.1) is 0 Å². The second-order valence-electron chi connectivity index (χ2n) is 7.51. The van der Waals surface area contributed by atoms with E-state index in [1.165, 1.54) is 0 Å². The molecule has 0 spiro atoms. The molecule has 3 fully saturated rings. The van der Waals surface area contributed by atoms with E-state index < -0.39 is 6.04 Å². The summed E-state index contributed by atoms with van der Waals surface area (Å²) in [7, 11) is 1.93.